The molecular weight excluding hydrogens is 414 g/mol. The lowest BCUT2D eigenvalue weighted by Crippen LogP contribution is -2.46. The molecule has 0 spiro atoms. The summed E-state index contributed by atoms with van der Waals surface area (Å²) in [6.45, 7) is 16.4. The lowest BCUT2D eigenvalue weighted by atomic mass is 9.86. The predicted molar refractivity (Wildman–Crippen MR) is 141 cm³/mol. The molecule has 3 atom stereocenters. The van der Waals surface area contributed by atoms with Crippen LogP contribution >= 0.6 is 11.3 Å². The molecule has 0 saturated carbocycles. The highest BCUT2D eigenvalue weighted by atomic mass is 32.1. The number of aryl methyl sites for hydroxylation is 2. The molecule has 0 aliphatic heterocycles. The van der Waals surface area contributed by atoms with Crippen molar-refractivity contribution >= 4 is 23.3 Å². The third-order valence-corrected chi connectivity index (χ3v) is 7.80. The number of nitrogens with zero attached hydrogens (tertiary/aromatic N) is 1. The van der Waals surface area contributed by atoms with E-state index in [-0.39, 0.29) is 11.9 Å². The van der Waals surface area contributed by atoms with Crippen molar-refractivity contribution in [3.63, 3.8) is 0 Å². The molecule has 1 rings (SSSR count). The second-order valence-electron chi connectivity index (χ2n) is 9.66. The zero-order valence-corrected chi connectivity index (χ0v) is 22.8. The van der Waals surface area contributed by atoms with Crippen molar-refractivity contribution < 1.29 is 4.79 Å². The smallest absolute Gasteiger partial charge is 0.220 e. The maximum Gasteiger partial charge on any atom is 0.220 e. The first-order chi connectivity index (χ1) is 15.2. The Hall–Kier alpha value is -1.20. The fraction of sp³-hybridized carbons (Fsp3) is 0.778. The summed E-state index contributed by atoms with van der Waals surface area (Å²) in [4.78, 5) is 18.8. The molecule has 32 heavy (non-hydrogen) atoms. The van der Waals surface area contributed by atoms with Gasteiger partial charge in [0.2, 0.25) is 5.91 Å². The molecular formula is C27H49N3OS. The molecule has 0 aliphatic carbocycles. The van der Waals surface area contributed by atoms with Crippen LogP contribution in [0.4, 0.5) is 0 Å². The Kier molecular flexibility index (Phi) is 14.1. The normalized spacial score (nSPS) is 15.1. The Labute approximate surface area is 202 Å². The first kappa shape index (κ1) is 28.8. The third-order valence-electron chi connectivity index (χ3n) is 6.64. The lowest BCUT2D eigenvalue weighted by Gasteiger charge is -2.29. The first-order valence-corrected chi connectivity index (χ1v) is 13.7. The van der Waals surface area contributed by atoms with Gasteiger partial charge >= 0.3 is 0 Å². The Bertz CT molecular complexity index is 695. The highest BCUT2D eigenvalue weighted by molar-refractivity contribution is 7.12. The number of allylic oxidation sites excluding steroid dienone is 1. The van der Waals surface area contributed by atoms with Crippen molar-refractivity contribution in [3.8, 4) is 0 Å². The highest BCUT2D eigenvalue weighted by Gasteiger charge is 2.23. The van der Waals surface area contributed by atoms with E-state index >= 15 is 0 Å². The van der Waals surface area contributed by atoms with Crippen LogP contribution in [0, 0.1) is 24.7 Å². The molecule has 5 heteroatoms. The number of nitrogens with one attached hydrogen (secondary N) is 2. The molecule has 3 unspecified atom stereocenters. The van der Waals surface area contributed by atoms with Crippen LogP contribution in [0.1, 0.15) is 102 Å². The molecule has 1 amide bonds. The van der Waals surface area contributed by atoms with Gasteiger partial charge in [0.25, 0.3) is 0 Å². The van der Waals surface area contributed by atoms with Crippen LogP contribution in [0.2, 0.25) is 0 Å². The van der Waals surface area contributed by atoms with Crippen LogP contribution in [-0.4, -0.2) is 30.5 Å². The second-order valence-corrected chi connectivity index (χ2v) is 10.8. The van der Waals surface area contributed by atoms with E-state index < -0.39 is 0 Å². The molecule has 4 nitrogen and oxygen atoms in total. The predicted octanol–water partition coefficient (Wildman–Crippen LogP) is 6.78. The van der Waals surface area contributed by atoms with Gasteiger partial charge in [0.05, 0.1) is 15.6 Å². The van der Waals surface area contributed by atoms with Gasteiger partial charge in [0.15, 0.2) is 0 Å². The van der Waals surface area contributed by atoms with Gasteiger partial charge in [-0.1, -0.05) is 66.4 Å². The van der Waals surface area contributed by atoms with Gasteiger partial charge in [-0.15, -0.1) is 11.3 Å². The highest BCUT2D eigenvalue weighted by Crippen LogP contribution is 2.26. The summed E-state index contributed by atoms with van der Waals surface area (Å²) in [5, 5.41) is 7.72. The SMILES string of the molecule is CCCC(CCC(C)CC)C(CNC)NC(=O)CCc1nc(C)c(/C=C(\CC)C(C)C)s1. The molecule has 0 aromatic carbocycles. The lowest BCUT2D eigenvalue weighted by molar-refractivity contribution is -0.122. The van der Waals surface area contributed by atoms with Gasteiger partial charge < -0.3 is 10.6 Å². The van der Waals surface area contributed by atoms with E-state index in [9.17, 15) is 4.79 Å². The van der Waals surface area contributed by atoms with Crippen molar-refractivity contribution in [3.05, 3.63) is 21.2 Å². The number of amides is 1. The zero-order chi connectivity index (χ0) is 24.1. The van der Waals surface area contributed by atoms with Gasteiger partial charge in [0.1, 0.15) is 0 Å². The maximum atomic E-state index is 12.8. The fourth-order valence-corrected chi connectivity index (χ4v) is 5.27. The number of aromatic nitrogens is 1. The quantitative estimate of drug-likeness (QED) is 0.284. The van der Waals surface area contributed by atoms with E-state index in [1.807, 2.05) is 7.05 Å². The number of thiazole rings is 1. The number of likely N-dealkylation sites (N-methyl/N-ethyl adjacent to an activating group) is 1. The fourth-order valence-electron chi connectivity index (χ4n) is 4.23. The van der Waals surface area contributed by atoms with Crippen molar-refractivity contribution in [2.24, 2.45) is 17.8 Å². The summed E-state index contributed by atoms with van der Waals surface area (Å²) in [6, 6.07) is 0.200. The molecule has 2 N–H and O–H groups in total. The number of hydrogen-bond donors (Lipinski definition) is 2. The van der Waals surface area contributed by atoms with Crippen LogP contribution in [-0.2, 0) is 11.2 Å². The Balaban J connectivity index is 2.74. The Morgan fingerprint density at radius 3 is 2.41 bits per heavy atom. The van der Waals surface area contributed by atoms with Crippen molar-refractivity contribution in [1.29, 1.82) is 0 Å². The summed E-state index contributed by atoms with van der Waals surface area (Å²) in [5.74, 6) is 1.99. The number of carbonyl (C=O) groups is 1. The van der Waals surface area contributed by atoms with E-state index in [1.54, 1.807) is 11.3 Å². The average molecular weight is 464 g/mol. The number of carbonyl (C=O) groups excluding carboxylic acids is 1. The van der Waals surface area contributed by atoms with Gasteiger partial charge in [-0.2, -0.15) is 0 Å². The van der Waals surface area contributed by atoms with Crippen LogP contribution < -0.4 is 10.6 Å². The standard InChI is InChI=1S/C27H49N3OS/c1-9-12-23(14-13-20(6)10-2)24(18-28-8)30-26(31)15-16-27-29-21(7)25(32-27)17-22(11-3)19(4)5/h17,19-20,23-24,28H,9-16,18H2,1-8H3,(H,30,31)/b22-17+. The average Bonchev–Trinajstić information content (AvgIpc) is 3.11. The molecule has 0 radical (unpaired) electrons. The largest absolute Gasteiger partial charge is 0.352 e. The minimum Gasteiger partial charge on any atom is -0.352 e. The molecule has 0 saturated heterocycles. The Morgan fingerprint density at radius 2 is 1.84 bits per heavy atom. The van der Waals surface area contributed by atoms with E-state index in [2.05, 4.69) is 65.2 Å². The van der Waals surface area contributed by atoms with Gasteiger partial charge in [-0.25, -0.2) is 4.98 Å². The van der Waals surface area contributed by atoms with E-state index in [1.165, 1.54) is 36.1 Å². The van der Waals surface area contributed by atoms with Gasteiger partial charge in [-0.05, 0) is 57.1 Å². The first-order valence-electron chi connectivity index (χ1n) is 12.9. The number of rotatable bonds is 16. The summed E-state index contributed by atoms with van der Waals surface area (Å²) < 4.78 is 0. The Morgan fingerprint density at radius 1 is 1.12 bits per heavy atom. The van der Waals surface area contributed by atoms with E-state index in [0.29, 0.717) is 24.7 Å². The molecule has 0 aliphatic rings. The van der Waals surface area contributed by atoms with Crippen molar-refractivity contribution in [1.82, 2.24) is 15.6 Å². The summed E-state index contributed by atoms with van der Waals surface area (Å²) >= 11 is 1.74. The van der Waals surface area contributed by atoms with Crippen LogP contribution in [0.25, 0.3) is 6.08 Å². The van der Waals surface area contributed by atoms with Gasteiger partial charge in [-0.3, -0.25) is 4.79 Å². The molecule has 1 aromatic heterocycles. The zero-order valence-electron chi connectivity index (χ0n) is 22.0. The van der Waals surface area contributed by atoms with Crippen LogP contribution in [0.3, 0.4) is 0 Å². The second kappa shape index (κ2) is 15.6. The van der Waals surface area contributed by atoms with Crippen LogP contribution in [0.5, 0.6) is 0 Å². The van der Waals surface area contributed by atoms with Crippen molar-refractivity contribution in [2.45, 2.75) is 106 Å². The minimum atomic E-state index is 0.149. The minimum absolute atomic E-state index is 0.149. The summed E-state index contributed by atoms with van der Waals surface area (Å²) in [5.41, 5.74) is 2.54. The number of hydrogen-bond acceptors (Lipinski definition) is 4. The third kappa shape index (κ3) is 10.2. The molecule has 1 heterocycles. The molecule has 1 aromatic rings. The van der Waals surface area contributed by atoms with Crippen molar-refractivity contribution in [2.75, 3.05) is 13.6 Å². The summed E-state index contributed by atoms with van der Waals surface area (Å²) in [6.07, 6.45) is 10.6. The van der Waals surface area contributed by atoms with Crippen LogP contribution in [0.15, 0.2) is 5.57 Å². The molecule has 0 fully saturated rings. The molecule has 184 valence electrons. The maximum absolute atomic E-state index is 12.8. The van der Waals surface area contributed by atoms with E-state index in [0.717, 1.165) is 36.0 Å². The monoisotopic (exact) mass is 463 g/mol. The molecule has 0 bridgehead atoms. The topological polar surface area (TPSA) is 54.0 Å². The van der Waals surface area contributed by atoms with Gasteiger partial charge in [0, 0.05) is 25.4 Å². The summed E-state index contributed by atoms with van der Waals surface area (Å²) in [7, 11) is 1.98. The van der Waals surface area contributed by atoms with E-state index in [4.69, 9.17) is 4.98 Å².